The summed E-state index contributed by atoms with van der Waals surface area (Å²) >= 11 is 0. The zero-order chi connectivity index (χ0) is 23.8. The normalized spacial score (nSPS) is 24.9. The van der Waals surface area contributed by atoms with E-state index in [0.717, 1.165) is 50.1 Å². The molecule has 0 saturated carbocycles. The molecule has 5 heteroatoms. The van der Waals surface area contributed by atoms with Crippen molar-refractivity contribution in [2.45, 2.75) is 64.6 Å². The topological polar surface area (TPSA) is 47.0 Å². The van der Waals surface area contributed by atoms with Crippen LogP contribution in [0.15, 0.2) is 48.5 Å². The van der Waals surface area contributed by atoms with Crippen molar-refractivity contribution in [2.24, 2.45) is 5.92 Å². The predicted octanol–water partition coefficient (Wildman–Crippen LogP) is 4.43. The molecule has 5 nitrogen and oxygen atoms in total. The highest BCUT2D eigenvalue weighted by Gasteiger charge is 2.32. The highest BCUT2D eigenvalue weighted by Crippen LogP contribution is 2.32. The number of amides is 1. The average Bonchev–Trinajstić information content (AvgIpc) is 2.78. The lowest BCUT2D eigenvalue weighted by Crippen LogP contribution is -2.55. The molecule has 0 spiro atoms. The van der Waals surface area contributed by atoms with Crippen molar-refractivity contribution in [3.8, 4) is 0 Å². The van der Waals surface area contributed by atoms with Gasteiger partial charge in [0.1, 0.15) is 0 Å². The first-order chi connectivity index (χ1) is 15.6. The van der Waals surface area contributed by atoms with E-state index in [2.05, 4.69) is 55.0 Å². The Labute approximate surface area is 199 Å². The minimum Gasteiger partial charge on any atom is -0.386 e. The summed E-state index contributed by atoms with van der Waals surface area (Å²) in [6.07, 6.45) is 2.72. The quantitative estimate of drug-likeness (QED) is 0.734. The molecule has 3 atom stereocenters. The van der Waals surface area contributed by atoms with E-state index in [1.165, 1.54) is 11.3 Å². The van der Waals surface area contributed by atoms with Gasteiger partial charge in [-0.15, -0.1) is 0 Å². The molecule has 4 rings (SSSR count). The number of anilines is 2. The molecule has 1 amide bonds. The summed E-state index contributed by atoms with van der Waals surface area (Å²) in [6.45, 7) is 10.9. The standard InChI is InChI=1S/C28H39N3O2/c1-20-18-30(19-21(2)29(20)5)26-11-7-6-9-22(26)17-23-10-8-16-31(27(23)32)25-14-12-24(13-15-25)28(3,4)33/h6-7,9,11-15,20-21,23,33H,8,10,16-19H2,1-5H3. The first-order valence-corrected chi connectivity index (χ1v) is 12.3. The lowest BCUT2D eigenvalue weighted by atomic mass is 9.89. The van der Waals surface area contributed by atoms with Gasteiger partial charge in [-0.05, 0) is 83.3 Å². The van der Waals surface area contributed by atoms with Gasteiger partial charge in [0, 0.05) is 49.0 Å². The van der Waals surface area contributed by atoms with E-state index in [0.29, 0.717) is 12.1 Å². The van der Waals surface area contributed by atoms with E-state index >= 15 is 0 Å². The van der Waals surface area contributed by atoms with E-state index in [1.54, 1.807) is 13.8 Å². The maximum absolute atomic E-state index is 13.5. The van der Waals surface area contributed by atoms with Crippen molar-refractivity contribution < 1.29 is 9.90 Å². The van der Waals surface area contributed by atoms with Gasteiger partial charge in [0.05, 0.1) is 5.60 Å². The third-order valence-electron chi connectivity index (χ3n) is 7.59. The molecule has 2 aliphatic heterocycles. The largest absolute Gasteiger partial charge is 0.386 e. The van der Waals surface area contributed by atoms with Gasteiger partial charge in [-0.3, -0.25) is 9.69 Å². The maximum atomic E-state index is 13.5. The van der Waals surface area contributed by atoms with E-state index in [9.17, 15) is 9.90 Å². The van der Waals surface area contributed by atoms with Gasteiger partial charge in [0.2, 0.25) is 5.91 Å². The van der Waals surface area contributed by atoms with Crippen molar-refractivity contribution in [3.63, 3.8) is 0 Å². The van der Waals surface area contributed by atoms with Gasteiger partial charge < -0.3 is 14.9 Å². The Morgan fingerprint density at radius 3 is 2.27 bits per heavy atom. The van der Waals surface area contributed by atoms with Crippen molar-refractivity contribution in [1.29, 1.82) is 0 Å². The number of aliphatic hydroxyl groups is 1. The van der Waals surface area contributed by atoms with Crippen LogP contribution in [0.4, 0.5) is 11.4 Å². The fraction of sp³-hybridized carbons (Fsp3) is 0.536. The fourth-order valence-electron chi connectivity index (χ4n) is 5.30. The zero-order valence-electron chi connectivity index (χ0n) is 20.8. The van der Waals surface area contributed by atoms with E-state index in [4.69, 9.17) is 0 Å². The van der Waals surface area contributed by atoms with Crippen molar-refractivity contribution >= 4 is 17.3 Å². The monoisotopic (exact) mass is 449 g/mol. The van der Waals surface area contributed by atoms with E-state index in [-0.39, 0.29) is 11.8 Å². The molecule has 0 aromatic heterocycles. The van der Waals surface area contributed by atoms with Gasteiger partial charge in [-0.25, -0.2) is 0 Å². The summed E-state index contributed by atoms with van der Waals surface area (Å²) in [7, 11) is 2.21. The molecule has 2 fully saturated rings. The minimum atomic E-state index is -0.880. The lowest BCUT2D eigenvalue weighted by Gasteiger charge is -2.44. The Morgan fingerprint density at radius 2 is 1.64 bits per heavy atom. The summed E-state index contributed by atoms with van der Waals surface area (Å²) in [4.78, 5) is 20.4. The number of carbonyl (C=O) groups is 1. The van der Waals surface area contributed by atoms with Crippen LogP contribution in [0.1, 0.15) is 51.7 Å². The predicted molar refractivity (Wildman–Crippen MR) is 136 cm³/mol. The number of nitrogens with zero attached hydrogens (tertiary/aromatic N) is 3. The third kappa shape index (κ3) is 5.10. The zero-order valence-corrected chi connectivity index (χ0v) is 20.8. The fourth-order valence-corrected chi connectivity index (χ4v) is 5.30. The van der Waals surface area contributed by atoms with Crippen molar-refractivity contribution in [1.82, 2.24) is 4.90 Å². The van der Waals surface area contributed by atoms with Crippen molar-refractivity contribution in [2.75, 3.05) is 36.5 Å². The van der Waals surface area contributed by atoms with Crippen LogP contribution in [0.3, 0.4) is 0 Å². The van der Waals surface area contributed by atoms with E-state index < -0.39 is 5.60 Å². The summed E-state index contributed by atoms with van der Waals surface area (Å²) in [6, 6.07) is 17.4. The molecule has 2 saturated heterocycles. The molecule has 33 heavy (non-hydrogen) atoms. The molecule has 0 aliphatic carbocycles. The van der Waals surface area contributed by atoms with Crippen LogP contribution in [0, 0.1) is 5.92 Å². The smallest absolute Gasteiger partial charge is 0.230 e. The minimum absolute atomic E-state index is 0.00355. The number of piperidine rings is 1. The number of benzene rings is 2. The van der Waals surface area contributed by atoms with Crippen LogP contribution in [0.25, 0.3) is 0 Å². The molecule has 3 unspecified atom stereocenters. The number of carbonyl (C=O) groups excluding carboxylic acids is 1. The van der Waals surface area contributed by atoms with Crippen LogP contribution in [0.2, 0.25) is 0 Å². The van der Waals surface area contributed by atoms with E-state index in [1.807, 2.05) is 29.2 Å². The number of para-hydroxylation sites is 1. The van der Waals surface area contributed by atoms with Crippen LogP contribution < -0.4 is 9.80 Å². The van der Waals surface area contributed by atoms with Gasteiger partial charge in [-0.2, -0.15) is 0 Å². The second kappa shape index (κ2) is 9.47. The number of likely N-dealkylation sites (N-methyl/N-ethyl adjacent to an activating group) is 1. The number of hydrogen-bond donors (Lipinski definition) is 1. The SMILES string of the molecule is CC1CN(c2ccccc2CC2CCCN(c3ccc(C(C)(C)O)cc3)C2=O)CC(C)N1C. The van der Waals surface area contributed by atoms with Crippen LogP contribution >= 0.6 is 0 Å². The highest BCUT2D eigenvalue weighted by molar-refractivity contribution is 5.96. The molecule has 178 valence electrons. The Hall–Kier alpha value is -2.37. The summed E-state index contributed by atoms with van der Waals surface area (Å²) in [5.74, 6) is 0.211. The molecule has 2 heterocycles. The third-order valence-corrected chi connectivity index (χ3v) is 7.59. The molecule has 1 N–H and O–H groups in total. The highest BCUT2D eigenvalue weighted by atomic mass is 16.3. The molecule has 2 aromatic rings. The molecule has 2 aliphatic rings. The Balaban J connectivity index is 1.51. The summed E-state index contributed by atoms with van der Waals surface area (Å²) < 4.78 is 0. The first-order valence-electron chi connectivity index (χ1n) is 12.3. The first kappa shape index (κ1) is 23.8. The van der Waals surface area contributed by atoms with Gasteiger partial charge in [0.15, 0.2) is 0 Å². The Morgan fingerprint density at radius 1 is 1.00 bits per heavy atom. The Kier molecular flexibility index (Phi) is 6.83. The molecular formula is C28H39N3O2. The number of piperazine rings is 1. The van der Waals surface area contributed by atoms with Crippen LogP contribution in [-0.2, 0) is 16.8 Å². The van der Waals surface area contributed by atoms with Crippen LogP contribution in [0.5, 0.6) is 0 Å². The van der Waals surface area contributed by atoms with Gasteiger partial charge in [0.25, 0.3) is 0 Å². The molecule has 0 radical (unpaired) electrons. The summed E-state index contributed by atoms with van der Waals surface area (Å²) in [5.41, 5.74) is 3.46. The van der Waals surface area contributed by atoms with Gasteiger partial charge >= 0.3 is 0 Å². The number of hydrogen-bond acceptors (Lipinski definition) is 4. The van der Waals surface area contributed by atoms with Crippen molar-refractivity contribution in [3.05, 3.63) is 59.7 Å². The Bertz CT molecular complexity index is 954. The molecule has 2 aromatic carbocycles. The molecule has 0 bridgehead atoms. The second-order valence-corrected chi connectivity index (χ2v) is 10.5. The lowest BCUT2D eigenvalue weighted by molar-refractivity contribution is -0.123. The number of rotatable bonds is 5. The van der Waals surface area contributed by atoms with Gasteiger partial charge in [-0.1, -0.05) is 30.3 Å². The average molecular weight is 450 g/mol. The van der Waals surface area contributed by atoms with Crippen LogP contribution in [-0.4, -0.2) is 54.7 Å². The second-order valence-electron chi connectivity index (χ2n) is 10.5. The maximum Gasteiger partial charge on any atom is 0.230 e. The molecular weight excluding hydrogens is 410 g/mol. The summed E-state index contributed by atoms with van der Waals surface area (Å²) in [5, 5.41) is 10.2.